The summed E-state index contributed by atoms with van der Waals surface area (Å²) in [5.74, 6) is 1.29. The summed E-state index contributed by atoms with van der Waals surface area (Å²) in [6.45, 7) is 1.87. The van der Waals surface area contributed by atoms with E-state index in [1.165, 1.54) is 29.7 Å². The predicted octanol–water partition coefficient (Wildman–Crippen LogP) is 6.49. The van der Waals surface area contributed by atoms with E-state index in [4.69, 9.17) is 28.3 Å². The lowest BCUT2D eigenvalue weighted by Crippen LogP contribution is -2.41. The third-order valence-electron chi connectivity index (χ3n) is 7.36. The van der Waals surface area contributed by atoms with Gasteiger partial charge >= 0.3 is 0 Å². The molecule has 2 aliphatic carbocycles. The van der Waals surface area contributed by atoms with Crippen molar-refractivity contribution in [2.75, 3.05) is 13.1 Å². The Labute approximate surface area is 213 Å². The number of thiophene rings is 1. The number of fused-ring (bicyclic) bond motifs is 2. The molecule has 2 fully saturated rings. The molecule has 34 heavy (non-hydrogen) atoms. The molecule has 3 aliphatic rings. The average Bonchev–Trinajstić information content (AvgIpc) is 3.58. The maximum absolute atomic E-state index is 13.5. The first-order chi connectivity index (χ1) is 16.6. The zero-order chi connectivity index (χ0) is 23.2. The van der Waals surface area contributed by atoms with Gasteiger partial charge in [-0.3, -0.25) is 10.2 Å². The SMILES string of the molecule is O=C(NN1CC2CCCC2C1)c1nn(-c2ccc(Cl)cc2Cl)c2c1CCCC2=Cc1cccs1. The average molecular weight is 513 g/mol. The van der Waals surface area contributed by atoms with Crippen molar-refractivity contribution in [3.05, 3.63) is 67.6 Å². The molecular formula is C26H26Cl2N4OS. The molecule has 2 aromatic heterocycles. The molecule has 1 aliphatic heterocycles. The van der Waals surface area contributed by atoms with Gasteiger partial charge in [0.1, 0.15) is 0 Å². The van der Waals surface area contributed by atoms with E-state index in [1.54, 1.807) is 17.4 Å². The fourth-order valence-corrected chi connectivity index (χ4v) is 6.98. The van der Waals surface area contributed by atoms with Gasteiger partial charge in [-0.15, -0.1) is 11.3 Å². The van der Waals surface area contributed by atoms with Crippen molar-refractivity contribution in [1.29, 1.82) is 0 Å². The lowest BCUT2D eigenvalue weighted by atomic mass is 9.90. The number of carbonyl (C=O) groups excluding carboxylic acids is 1. The molecule has 5 nitrogen and oxygen atoms in total. The molecule has 1 N–H and O–H groups in total. The molecule has 3 aromatic rings. The second-order valence-corrected chi connectivity index (χ2v) is 11.3. The van der Waals surface area contributed by atoms with Crippen LogP contribution in [-0.2, 0) is 6.42 Å². The standard InChI is InChI=1S/C26H26Cl2N4OS/c27-19-9-10-23(22(28)13-19)32-25-16(12-20-7-3-11-34-20)4-2-8-21(25)24(29-32)26(33)30-31-14-17-5-1-6-18(17)15-31/h3,7,9-13,17-18H,1-2,4-6,8,14-15H2,(H,30,33). The third kappa shape index (κ3) is 4.11. The third-order valence-corrected chi connectivity index (χ3v) is 8.72. The van der Waals surface area contributed by atoms with Crippen molar-refractivity contribution in [2.24, 2.45) is 11.8 Å². The summed E-state index contributed by atoms with van der Waals surface area (Å²) in [4.78, 5) is 14.7. The highest BCUT2D eigenvalue weighted by Gasteiger charge is 2.37. The Hall–Kier alpha value is -2.12. The Balaban J connectivity index is 1.41. The van der Waals surface area contributed by atoms with Gasteiger partial charge in [0.2, 0.25) is 0 Å². The van der Waals surface area contributed by atoms with E-state index in [9.17, 15) is 4.79 Å². The van der Waals surface area contributed by atoms with Gasteiger partial charge in [-0.05, 0) is 85.2 Å². The first-order valence-corrected chi connectivity index (χ1v) is 13.6. The van der Waals surface area contributed by atoms with E-state index in [2.05, 4.69) is 34.0 Å². The van der Waals surface area contributed by atoms with E-state index in [0.717, 1.165) is 49.3 Å². The largest absolute Gasteiger partial charge is 0.286 e. The van der Waals surface area contributed by atoms with Crippen molar-refractivity contribution in [3.8, 4) is 5.69 Å². The molecular weight excluding hydrogens is 487 g/mol. The quantitative estimate of drug-likeness (QED) is 0.434. The Morgan fingerprint density at radius 2 is 1.94 bits per heavy atom. The summed E-state index contributed by atoms with van der Waals surface area (Å²) in [7, 11) is 0. The molecule has 2 atom stereocenters. The molecule has 1 saturated heterocycles. The molecule has 176 valence electrons. The number of halogens is 2. The van der Waals surface area contributed by atoms with Gasteiger partial charge in [-0.1, -0.05) is 35.7 Å². The number of nitrogens with zero attached hydrogens (tertiary/aromatic N) is 3. The predicted molar refractivity (Wildman–Crippen MR) is 139 cm³/mol. The summed E-state index contributed by atoms with van der Waals surface area (Å²) in [6, 6.07) is 9.57. The van der Waals surface area contributed by atoms with Crippen LogP contribution in [0.2, 0.25) is 10.0 Å². The Morgan fingerprint density at radius 1 is 1.12 bits per heavy atom. The van der Waals surface area contributed by atoms with Crippen LogP contribution in [0.3, 0.4) is 0 Å². The second kappa shape index (κ2) is 9.15. The lowest BCUT2D eigenvalue weighted by Gasteiger charge is -2.20. The van der Waals surface area contributed by atoms with Gasteiger partial charge in [0.25, 0.3) is 5.91 Å². The van der Waals surface area contributed by atoms with E-state index in [-0.39, 0.29) is 5.91 Å². The number of allylic oxidation sites excluding steroid dienone is 1. The van der Waals surface area contributed by atoms with E-state index in [0.29, 0.717) is 27.6 Å². The van der Waals surface area contributed by atoms with Gasteiger partial charge < -0.3 is 0 Å². The summed E-state index contributed by atoms with van der Waals surface area (Å²) >= 11 is 14.5. The summed E-state index contributed by atoms with van der Waals surface area (Å²) in [5, 5.41) is 10.1. The number of aromatic nitrogens is 2. The normalized spacial score (nSPS) is 23.3. The molecule has 6 rings (SSSR count). The van der Waals surface area contributed by atoms with Gasteiger partial charge in [-0.25, -0.2) is 9.69 Å². The minimum absolute atomic E-state index is 0.127. The van der Waals surface area contributed by atoms with Crippen LogP contribution in [0.1, 0.15) is 58.7 Å². The maximum Gasteiger partial charge on any atom is 0.286 e. The van der Waals surface area contributed by atoms with Crippen LogP contribution in [0.25, 0.3) is 17.3 Å². The highest BCUT2D eigenvalue weighted by Crippen LogP contribution is 2.39. The summed E-state index contributed by atoms with van der Waals surface area (Å²) < 4.78 is 1.85. The first-order valence-electron chi connectivity index (χ1n) is 11.9. The molecule has 0 spiro atoms. The number of rotatable bonds is 4. The number of carbonyl (C=O) groups is 1. The molecule has 1 aromatic carbocycles. The first kappa shape index (κ1) is 22.4. The highest BCUT2D eigenvalue weighted by molar-refractivity contribution is 7.10. The smallest absolute Gasteiger partial charge is 0.283 e. The van der Waals surface area contributed by atoms with Crippen LogP contribution in [0.4, 0.5) is 0 Å². The fourth-order valence-electron chi connectivity index (χ4n) is 5.81. The summed E-state index contributed by atoms with van der Waals surface area (Å²) in [6.07, 6.45) is 8.80. The number of hydrogen-bond acceptors (Lipinski definition) is 4. The van der Waals surface area contributed by atoms with Crippen LogP contribution in [0.5, 0.6) is 0 Å². The van der Waals surface area contributed by atoms with Gasteiger partial charge in [-0.2, -0.15) is 5.10 Å². The van der Waals surface area contributed by atoms with Gasteiger partial charge in [0, 0.05) is 28.6 Å². The molecule has 3 heterocycles. The van der Waals surface area contributed by atoms with Gasteiger partial charge in [0.15, 0.2) is 5.69 Å². The van der Waals surface area contributed by atoms with Crippen molar-refractivity contribution >= 4 is 52.1 Å². The molecule has 1 saturated carbocycles. The van der Waals surface area contributed by atoms with Gasteiger partial charge in [0.05, 0.1) is 16.4 Å². The fraction of sp³-hybridized carbons (Fsp3) is 0.385. The highest BCUT2D eigenvalue weighted by atomic mass is 35.5. The van der Waals surface area contributed by atoms with E-state index >= 15 is 0 Å². The van der Waals surface area contributed by atoms with Crippen LogP contribution in [0, 0.1) is 11.8 Å². The number of hydrazine groups is 1. The van der Waals surface area contributed by atoms with Crippen LogP contribution in [-0.4, -0.2) is 33.8 Å². The Morgan fingerprint density at radius 3 is 2.68 bits per heavy atom. The van der Waals surface area contributed by atoms with E-state index in [1.807, 2.05) is 16.8 Å². The van der Waals surface area contributed by atoms with Crippen LogP contribution in [0.15, 0.2) is 35.7 Å². The van der Waals surface area contributed by atoms with Crippen molar-refractivity contribution in [1.82, 2.24) is 20.2 Å². The lowest BCUT2D eigenvalue weighted by molar-refractivity contribution is 0.0807. The van der Waals surface area contributed by atoms with Crippen molar-refractivity contribution < 1.29 is 4.79 Å². The van der Waals surface area contributed by atoms with Crippen LogP contribution >= 0.6 is 34.5 Å². The second-order valence-electron chi connectivity index (χ2n) is 9.52. The number of nitrogens with one attached hydrogen (secondary N) is 1. The van der Waals surface area contributed by atoms with E-state index < -0.39 is 0 Å². The Kier molecular flexibility index (Phi) is 6.02. The number of amides is 1. The topological polar surface area (TPSA) is 50.2 Å². The molecule has 1 amide bonds. The zero-order valence-electron chi connectivity index (χ0n) is 18.8. The number of benzene rings is 1. The minimum atomic E-state index is -0.127. The van der Waals surface area contributed by atoms with Crippen LogP contribution < -0.4 is 5.43 Å². The maximum atomic E-state index is 13.5. The minimum Gasteiger partial charge on any atom is -0.283 e. The Bertz CT molecular complexity index is 1250. The molecule has 8 heteroatoms. The monoisotopic (exact) mass is 512 g/mol. The summed E-state index contributed by atoms with van der Waals surface area (Å²) in [5.41, 5.74) is 7.55. The molecule has 0 bridgehead atoms. The number of hydrogen-bond donors (Lipinski definition) is 1. The van der Waals surface area contributed by atoms with Crippen molar-refractivity contribution in [3.63, 3.8) is 0 Å². The molecule has 2 unspecified atom stereocenters. The van der Waals surface area contributed by atoms with Crippen molar-refractivity contribution in [2.45, 2.75) is 38.5 Å². The molecule has 0 radical (unpaired) electrons. The zero-order valence-corrected chi connectivity index (χ0v) is 21.1.